The first-order chi connectivity index (χ1) is 17.0. The van der Waals surface area contributed by atoms with Crippen LogP contribution in [0.4, 0.5) is 0 Å². The summed E-state index contributed by atoms with van der Waals surface area (Å²) in [7, 11) is 1.64. The average Bonchev–Trinajstić information content (AvgIpc) is 2.86. The Morgan fingerprint density at radius 1 is 1.03 bits per heavy atom. The number of aromatic nitrogens is 3. The third-order valence-corrected chi connectivity index (χ3v) is 5.97. The molecule has 0 atom stereocenters. The summed E-state index contributed by atoms with van der Waals surface area (Å²) in [4.78, 5) is 9.48. The van der Waals surface area contributed by atoms with Crippen LogP contribution >= 0.6 is 12.2 Å². The Hall–Kier alpha value is -3.55. The Morgan fingerprint density at radius 2 is 1.83 bits per heavy atom. The SMILES string of the molecule is C=COc1ccc2c(c1)c(-c1ccc(C(C)C)cc1)nc(=S)n2Cc1cccc(OCCOC)n1. The van der Waals surface area contributed by atoms with E-state index < -0.39 is 0 Å². The average molecular weight is 488 g/mol. The number of benzene rings is 2. The van der Waals surface area contributed by atoms with E-state index in [-0.39, 0.29) is 0 Å². The van der Waals surface area contributed by atoms with E-state index in [1.807, 2.05) is 41.0 Å². The molecule has 0 amide bonds. The lowest BCUT2D eigenvalue weighted by molar-refractivity contribution is 0.143. The van der Waals surface area contributed by atoms with Crippen LogP contribution in [-0.2, 0) is 11.3 Å². The Kier molecular flexibility index (Phi) is 7.90. The Balaban J connectivity index is 1.79. The second-order valence-corrected chi connectivity index (χ2v) is 8.74. The lowest BCUT2D eigenvalue weighted by Gasteiger charge is -2.16. The van der Waals surface area contributed by atoms with E-state index in [0.717, 1.165) is 27.9 Å². The Morgan fingerprint density at radius 3 is 2.54 bits per heavy atom. The van der Waals surface area contributed by atoms with Gasteiger partial charge in [0.2, 0.25) is 10.7 Å². The molecule has 0 aliphatic carbocycles. The largest absolute Gasteiger partial charge is 0.475 e. The van der Waals surface area contributed by atoms with Crippen molar-refractivity contribution in [3.8, 4) is 22.9 Å². The molecule has 0 N–H and O–H groups in total. The van der Waals surface area contributed by atoms with E-state index in [0.29, 0.717) is 42.1 Å². The molecular formula is C28H29N3O3S. The van der Waals surface area contributed by atoms with Gasteiger partial charge in [-0.3, -0.25) is 0 Å². The Labute approximate surface area is 210 Å². The zero-order valence-corrected chi connectivity index (χ0v) is 21.0. The predicted octanol–water partition coefficient (Wildman–Crippen LogP) is 6.55. The number of rotatable bonds is 10. The van der Waals surface area contributed by atoms with Crippen LogP contribution in [0.1, 0.15) is 31.0 Å². The van der Waals surface area contributed by atoms with Gasteiger partial charge in [-0.2, -0.15) is 0 Å². The molecule has 7 heteroatoms. The molecular weight excluding hydrogens is 458 g/mol. The van der Waals surface area contributed by atoms with Gasteiger partial charge in [-0.25, -0.2) is 9.97 Å². The van der Waals surface area contributed by atoms with Crippen molar-refractivity contribution in [1.29, 1.82) is 0 Å². The van der Waals surface area contributed by atoms with Crippen LogP contribution in [0.25, 0.3) is 22.2 Å². The van der Waals surface area contributed by atoms with Gasteiger partial charge in [-0.1, -0.05) is 50.8 Å². The van der Waals surface area contributed by atoms with Gasteiger partial charge in [-0.15, -0.1) is 0 Å². The summed E-state index contributed by atoms with van der Waals surface area (Å²) in [5.74, 6) is 1.69. The fraction of sp³-hybridized carbons (Fsp3) is 0.250. The van der Waals surface area contributed by atoms with Crippen molar-refractivity contribution < 1.29 is 14.2 Å². The molecule has 2 heterocycles. The highest BCUT2D eigenvalue weighted by Crippen LogP contribution is 2.31. The minimum Gasteiger partial charge on any atom is -0.475 e. The van der Waals surface area contributed by atoms with E-state index in [1.165, 1.54) is 11.8 Å². The van der Waals surface area contributed by atoms with Crippen molar-refractivity contribution in [1.82, 2.24) is 14.5 Å². The van der Waals surface area contributed by atoms with Gasteiger partial charge >= 0.3 is 0 Å². The van der Waals surface area contributed by atoms with E-state index >= 15 is 0 Å². The summed E-state index contributed by atoms with van der Waals surface area (Å²) in [5, 5.41) is 0.933. The lowest BCUT2D eigenvalue weighted by Crippen LogP contribution is -2.10. The molecule has 4 rings (SSSR count). The molecule has 0 aliphatic rings. The van der Waals surface area contributed by atoms with Gasteiger partial charge < -0.3 is 18.8 Å². The predicted molar refractivity (Wildman–Crippen MR) is 142 cm³/mol. The second-order valence-electron chi connectivity index (χ2n) is 8.38. The topological polar surface area (TPSA) is 58.4 Å². The molecule has 0 fully saturated rings. The quantitative estimate of drug-likeness (QED) is 0.144. The van der Waals surface area contributed by atoms with Gasteiger partial charge in [0.25, 0.3) is 0 Å². The molecule has 0 saturated heterocycles. The maximum atomic E-state index is 5.76. The number of pyridine rings is 1. The van der Waals surface area contributed by atoms with Crippen LogP contribution < -0.4 is 9.47 Å². The third kappa shape index (κ3) is 5.75. The highest BCUT2D eigenvalue weighted by Gasteiger charge is 2.14. The Bertz CT molecular complexity index is 1380. The minimum atomic E-state index is 0.438. The van der Waals surface area contributed by atoms with Gasteiger partial charge in [0.05, 0.1) is 36.3 Å². The lowest BCUT2D eigenvalue weighted by atomic mass is 9.99. The minimum absolute atomic E-state index is 0.438. The molecule has 0 bridgehead atoms. The number of hydrogen-bond donors (Lipinski definition) is 0. The van der Waals surface area contributed by atoms with E-state index in [4.69, 9.17) is 31.4 Å². The van der Waals surface area contributed by atoms with Crippen LogP contribution in [0.2, 0.25) is 0 Å². The molecule has 2 aromatic heterocycles. The van der Waals surface area contributed by atoms with Crippen LogP contribution in [0, 0.1) is 4.77 Å². The number of ether oxygens (including phenoxy) is 3. The molecule has 0 saturated carbocycles. The van der Waals surface area contributed by atoms with Crippen molar-refractivity contribution in [3.05, 3.63) is 89.5 Å². The first kappa shape index (κ1) is 24.6. The molecule has 0 aliphatic heterocycles. The maximum Gasteiger partial charge on any atom is 0.213 e. The number of fused-ring (bicyclic) bond motifs is 1. The standard InChI is InChI=1S/C28H29N3O3S/c1-5-33-23-13-14-25-24(17-23)27(21-11-9-20(10-12-21)19(2)3)30-28(35)31(25)18-22-7-6-8-26(29-22)34-16-15-32-4/h5-14,17,19H,1,15-16,18H2,2-4H3. The zero-order chi connectivity index (χ0) is 24.8. The van der Waals surface area contributed by atoms with Crippen LogP contribution in [0.15, 0.2) is 73.5 Å². The molecule has 0 unspecified atom stereocenters. The van der Waals surface area contributed by atoms with Gasteiger partial charge in [0, 0.05) is 24.1 Å². The van der Waals surface area contributed by atoms with E-state index in [1.54, 1.807) is 7.11 Å². The van der Waals surface area contributed by atoms with Crippen LogP contribution in [0.5, 0.6) is 11.6 Å². The summed E-state index contributed by atoms with van der Waals surface area (Å²) in [6.45, 7) is 9.43. The molecule has 4 aromatic rings. The molecule has 35 heavy (non-hydrogen) atoms. The van der Waals surface area contributed by atoms with Gasteiger partial charge in [-0.05, 0) is 48.0 Å². The fourth-order valence-corrected chi connectivity index (χ4v) is 4.10. The molecule has 2 aromatic carbocycles. The summed E-state index contributed by atoms with van der Waals surface area (Å²) in [5.41, 5.74) is 4.85. The highest BCUT2D eigenvalue weighted by molar-refractivity contribution is 7.71. The van der Waals surface area contributed by atoms with Crippen LogP contribution in [-0.4, -0.2) is 34.9 Å². The smallest absolute Gasteiger partial charge is 0.213 e. The maximum absolute atomic E-state index is 5.76. The molecule has 6 nitrogen and oxygen atoms in total. The van der Waals surface area contributed by atoms with Crippen molar-refractivity contribution in [3.63, 3.8) is 0 Å². The van der Waals surface area contributed by atoms with E-state index in [2.05, 4.69) is 49.7 Å². The van der Waals surface area contributed by atoms with Crippen LogP contribution in [0.3, 0.4) is 0 Å². The summed E-state index contributed by atoms with van der Waals surface area (Å²) < 4.78 is 18.8. The first-order valence-electron chi connectivity index (χ1n) is 11.5. The van der Waals surface area contributed by atoms with Crippen molar-refractivity contribution in [2.75, 3.05) is 20.3 Å². The number of hydrogen-bond acceptors (Lipinski definition) is 6. The molecule has 180 valence electrons. The second kappa shape index (κ2) is 11.3. The first-order valence-corrected chi connectivity index (χ1v) is 11.9. The summed E-state index contributed by atoms with van der Waals surface area (Å²) in [6.07, 6.45) is 1.42. The van der Waals surface area contributed by atoms with Crippen molar-refractivity contribution in [2.45, 2.75) is 26.3 Å². The summed E-state index contributed by atoms with van der Waals surface area (Å²) >= 11 is 5.76. The van der Waals surface area contributed by atoms with E-state index in [9.17, 15) is 0 Å². The van der Waals surface area contributed by atoms with Crippen molar-refractivity contribution >= 4 is 23.1 Å². The normalized spacial score (nSPS) is 11.1. The van der Waals surface area contributed by atoms with Crippen molar-refractivity contribution in [2.24, 2.45) is 0 Å². The van der Waals surface area contributed by atoms with Gasteiger partial charge in [0.15, 0.2) is 0 Å². The van der Waals surface area contributed by atoms with Gasteiger partial charge in [0.1, 0.15) is 12.4 Å². The summed E-state index contributed by atoms with van der Waals surface area (Å²) in [6, 6.07) is 20.0. The fourth-order valence-electron chi connectivity index (χ4n) is 3.85. The number of methoxy groups -OCH3 is 1. The molecule has 0 radical (unpaired) electrons. The third-order valence-electron chi connectivity index (χ3n) is 5.66. The monoisotopic (exact) mass is 487 g/mol. The molecule has 0 spiro atoms. The zero-order valence-electron chi connectivity index (χ0n) is 20.2. The highest BCUT2D eigenvalue weighted by atomic mass is 32.1. The number of nitrogens with zero attached hydrogens (tertiary/aromatic N) is 3.